The van der Waals surface area contributed by atoms with Crippen molar-refractivity contribution < 1.29 is 4.79 Å². The Morgan fingerprint density at radius 1 is 0.912 bits per heavy atom. The van der Waals surface area contributed by atoms with E-state index in [0.717, 1.165) is 28.6 Å². The van der Waals surface area contributed by atoms with Crippen LogP contribution in [0.3, 0.4) is 0 Å². The van der Waals surface area contributed by atoms with Gasteiger partial charge in [-0.05, 0) is 30.5 Å². The first-order valence-electron chi connectivity index (χ1n) is 11.4. The number of fused-ring (bicyclic) bond motifs is 1. The smallest absolute Gasteiger partial charge is 0.188 e. The number of aryl methyl sites for hydroxylation is 2. The summed E-state index contributed by atoms with van der Waals surface area (Å²) in [6.07, 6.45) is 8.23. The van der Waals surface area contributed by atoms with Gasteiger partial charge in [0.25, 0.3) is 0 Å². The summed E-state index contributed by atoms with van der Waals surface area (Å²) in [4.78, 5) is 13.7. The summed E-state index contributed by atoms with van der Waals surface area (Å²) in [5.74, 6) is 0.0132. The molecule has 3 aromatic heterocycles. The highest BCUT2D eigenvalue weighted by molar-refractivity contribution is 6.06. The van der Waals surface area contributed by atoms with Crippen molar-refractivity contribution in [1.29, 1.82) is 0 Å². The molecule has 2 aromatic carbocycles. The normalized spacial score (nSPS) is 12.2. The molecular weight excluding hydrogens is 422 g/mol. The Hall–Kier alpha value is -4.03. The third-order valence-electron chi connectivity index (χ3n) is 6.10. The molecule has 1 N–H and O–H groups in total. The Labute approximate surface area is 198 Å². The number of benzene rings is 2. The van der Waals surface area contributed by atoms with Crippen molar-refractivity contribution in [3.8, 4) is 11.1 Å². The maximum atomic E-state index is 13.7. The van der Waals surface area contributed by atoms with E-state index in [4.69, 9.17) is 0 Å². The number of Topliss-reactive ketones (excluding diaryl/α,β-unsaturated/α-hetero) is 1. The quantitative estimate of drug-likeness (QED) is 0.346. The number of carbonyl (C=O) groups excluding carboxylic acids is 1. The van der Waals surface area contributed by atoms with Gasteiger partial charge in [0.1, 0.15) is 0 Å². The topological polar surface area (TPSA) is 64.2 Å². The van der Waals surface area contributed by atoms with Gasteiger partial charge in [-0.15, -0.1) is 0 Å². The van der Waals surface area contributed by atoms with Crippen LogP contribution in [0, 0.1) is 6.92 Å². The Kier molecular flexibility index (Phi) is 6.06. The molecule has 0 saturated carbocycles. The highest BCUT2D eigenvalue weighted by Crippen LogP contribution is 2.24. The lowest BCUT2D eigenvalue weighted by atomic mass is 9.97. The van der Waals surface area contributed by atoms with E-state index >= 15 is 0 Å². The van der Waals surface area contributed by atoms with Crippen LogP contribution in [0.2, 0.25) is 0 Å². The molecule has 34 heavy (non-hydrogen) atoms. The fourth-order valence-electron chi connectivity index (χ4n) is 4.19. The van der Waals surface area contributed by atoms with E-state index in [1.54, 1.807) is 15.4 Å². The molecule has 5 aromatic rings. The summed E-state index contributed by atoms with van der Waals surface area (Å²) in [5.41, 5.74) is 6.84. The van der Waals surface area contributed by atoms with Crippen molar-refractivity contribution >= 4 is 11.3 Å². The average molecular weight is 450 g/mol. The predicted octanol–water partition coefficient (Wildman–Crippen LogP) is 4.80. The molecule has 5 rings (SSSR count). The molecular formula is C28H27N5O. The molecule has 0 aliphatic heterocycles. The number of nitrogens with one attached hydrogen (secondary N) is 1. The fourth-order valence-corrected chi connectivity index (χ4v) is 4.19. The fraction of sp³-hybridized carbons (Fsp3) is 0.179. The molecule has 3 heterocycles. The highest BCUT2D eigenvalue weighted by atomic mass is 16.1. The van der Waals surface area contributed by atoms with Crippen LogP contribution in [0.4, 0.5) is 0 Å². The first kappa shape index (κ1) is 21.8. The van der Waals surface area contributed by atoms with Gasteiger partial charge in [0.05, 0.1) is 29.5 Å². The van der Waals surface area contributed by atoms with Gasteiger partial charge in [0.15, 0.2) is 5.78 Å². The number of rotatable bonds is 8. The van der Waals surface area contributed by atoms with E-state index < -0.39 is 6.04 Å². The molecule has 0 unspecified atom stereocenters. The second-order valence-corrected chi connectivity index (χ2v) is 8.61. The van der Waals surface area contributed by atoms with Crippen LogP contribution in [0.25, 0.3) is 16.6 Å². The lowest BCUT2D eigenvalue weighted by molar-refractivity contribution is 0.0945. The monoisotopic (exact) mass is 449 g/mol. The Balaban J connectivity index is 1.40. The van der Waals surface area contributed by atoms with Crippen molar-refractivity contribution in [2.45, 2.75) is 19.4 Å². The molecule has 0 aliphatic rings. The molecule has 0 saturated heterocycles. The van der Waals surface area contributed by atoms with Crippen molar-refractivity contribution in [3.63, 3.8) is 0 Å². The van der Waals surface area contributed by atoms with Crippen LogP contribution in [-0.2, 0) is 13.5 Å². The molecule has 0 bridgehead atoms. The molecule has 0 radical (unpaired) electrons. The van der Waals surface area contributed by atoms with Crippen LogP contribution in [-0.4, -0.2) is 31.7 Å². The molecule has 0 amide bonds. The standard InChI is InChI=1S/C28H27N5O/c1-20-8-10-21(11-9-20)14-15-29-27(22-6-4-3-5-7-22)28(34)25-17-31-33-19-23(12-13-26(25)33)24-16-30-32(2)18-24/h3-13,16-19,27,29H,14-15H2,1-2H3/t27-/m0/s1. The average Bonchev–Trinajstić information content (AvgIpc) is 3.49. The Morgan fingerprint density at radius 2 is 1.71 bits per heavy atom. The number of aromatic nitrogens is 4. The molecule has 0 aliphatic carbocycles. The summed E-state index contributed by atoms with van der Waals surface area (Å²) >= 11 is 0. The minimum Gasteiger partial charge on any atom is -0.303 e. The van der Waals surface area contributed by atoms with E-state index in [-0.39, 0.29) is 5.78 Å². The van der Waals surface area contributed by atoms with Crippen molar-refractivity contribution in [3.05, 3.63) is 114 Å². The summed E-state index contributed by atoms with van der Waals surface area (Å²) in [6.45, 7) is 2.78. The second kappa shape index (κ2) is 9.45. The third-order valence-corrected chi connectivity index (χ3v) is 6.10. The number of ketones is 1. The van der Waals surface area contributed by atoms with E-state index in [9.17, 15) is 4.79 Å². The molecule has 0 fully saturated rings. The number of hydrogen-bond donors (Lipinski definition) is 1. The predicted molar refractivity (Wildman–Crippen MR) is 134 cm³/mol. The lowest BCUT2D eigenvalue weighted by Gasteiger charge is -2.18. The molecule has 1 atom stereocenters. The number of carbonyl (C=O) groups is 1. The summed E-state index contributed by atoms with van der Waals surface area (Å²) in [7, 11) is 1.89. The van der Waals surface area contributed by atoms with Crippen molar-refractivity contribution in [2.24, 2.45) is 7.05 Å². The Bertz CT molecular complexity index is 1420. The maximum absolute atomic E-state index is 13.7. The minimum atomic E-state index is -0.447. The zero-order chi connectivity index (χ0) is 23.5. The van der Waals surface area contributed by atoms with Gasteiger partial charge < -0.3 is 5.32 Å². The van der Waals surface area contributed by atoms with E-state index in [1.165, 1.54) is 11.1 Å². The molecule has 6 heteroatoms. The van der Waals surface area contributed by atoms with Crippen LogP contribution in [0.15, 0.2) is 91.5 Å². The van der Waals surface area contributed by atoms with Gasteiger partial charge in [-0.25, -0.2) is 4.52 Å². The van der Waals surface area contributed by atoms with E-state index in [1.807, 2.05) is 68.1 Å². The summed E-state index contributed by atoms with van der Waals surface area (Å²) < 4.78 is 3.54. The van der Waals surface area contributed by atoms with Gasteiger partial charge in [-0.1, -0.05) is 66.2 Å². The third kappa shape index (κ3) is 4.54. The van der Waals surface area contributed by atoms with Gasteiger partial charge in [0, 0.05) is 37.1 Å². The van der Waals surface area contributed by atoms with E-state index in [0.29, 0.717) is 12.1 Å². The first-order valence-corrected chi connectivity index (χ1v) is 11.4. The van der Waals surface area contributed by atoms with Gasteiger partial charge in [-0.2, -0.15) is 10.2 Å². The first-order chi connectivity index (χ1) is 16.6. The molecule has 6 nitrogen and oxygen atoms in total. The minimum absolute atomic E-state index is 0.0132. The van der Waals surface area contributed by atoms with Gasteiger partial charge in [0.2, 0.25) is 0 Å². The number of nitrogens with zero attached hydrogens (tertiary/aromatic N) is 4. The van der Waals surface area contributed by atoms with Crippen LogP contribution < -0.4 is 5.32 Å². The summed E-state index contributed by atoms with van der Waals surface area (Å²) in [6, 6.07) is 21.9. The maximum Gasteiger partial charge on any atom is 0.188 e. The summed E-state index contributed by atoms with van der Waals surface area (Å²) in [5, 5.41) is 12.2. The van der Waals surface area contributed by atoms with Crippen molar-refractivity contribution in [2.75, 3.05) is 6.54 Å². The van der Waals surface area contributed by atoms with Crippen LogP contribution in [0.1, 0.15) is 33.1 Å². The SMILES string of the molecule is Cc1ccc(CCN[C@H](C(=O)c2cnn3cc(-c4cnn(C)c4)ccc23)c2ccccc2)cc1. The Morgan fingerprint density at radius 3 is 2.44 bits per heavy atom. The lowest BCUT2D eigenvalue weighted by Crippen LogP contribution is -2.30. The van der Waals surface area contributed by atoms with Gasteiger partial charge in [-0.3, -0.25) is 9.48 Å². The largest absolute Gasteiger partial charge is 0.303 e. The zero-order valence-corrected chi connectivity index (χ0v) is 19.3. The second-order valence-electron chi connectivity index (χ2n) is 8.61. The molecule has 170 valence electrons. The van der Waals surface area contributed by atoms with Gasteiger partial charge >= 0.3 is 0 Å². The zero-order valence-electron chi connectivity index (χ0n) is 19.3. The van der Waals surface area contributed by atoms with Crippen LogP contribution in [0.5, 0.6) is 0 Å². The van der Waals surface area contributed by atoms with Crippen LogP contribution >= 0.6 is 0 Å². The van der Waals surface area contributed by atoms with Crippen molar-refractivity contribution in [1.82, 2.24) is 24.7 Å². The molecule has 0 spiro atoms. The number of hydrogen-bond acceptors (Lipinski definition) is 4. The number of pyridine rings is 1. The van der Waals surface area contributed by atoms with E-state index in [2.05, 4.69) is 46.7 Å². The highest BCUT2D eigenvalue weighted by Gasteiger charge is 2.24.